The summed E-state index contributed by atoms with van der Waals surface area (Å²) in [6.07, 6.45) is 1.57. The molecule has 3 amide bonds. The molecule has 1 saturated carbocycles. The molecule has 1 atom stereocenters. The van der Waals surface area contributed by atoms with Crippen molar-refractivity contribution in [3.63, 3.8) is 0 Å². The molecule has 0 aromatic heterocycles. The van der Waals surface area contributed by atoms with Gasteiger partial charge in [0.25, 0.3) is 0 Å². The van der Waals surface area contributed by atoms with E-state index in [2.05, 4.69) is 10.6 Å². The second kappa shape index (κ2) is 4.38. The van der Waals surface area contributed by atoms with Crippen LogP contribution in [-0.2, 0) is 9.59 Å². The van der Waals surface area contributed by atoms with E-state index in [9.17, 15) is 14.4 Å². The average molecular weight is 229 g/mol. The van der Waals surface area contributed by atoms with Gasteiger partial charge in [0.1, 0.15) is 11.6 Å². The highest BCUT2D eigenvalue weighted by Gasteiger charge is 2.45. The third-order valence-corrected chi connectivity index (χ3v) is 2.74. The summed E-state index contributed by atoms with van der Waals surface area (Å²) in [6, 6.07) is -1.51. The molecule has 5 N–H and O–H groups in total. The SMILES string of the molecule is CC(NC(=O)NC1(C(=O)O)CCC1)C(N)=O. The highest BCUT2D eigenvalue weighted by molar-refractivity contribution is 5.90. The van der Waals surface area contributed by atoms with Gasteiger partial charge >= 0.3 is 12.0 Å². The van der Waals surface area contributed by atoms with E-state index in [4.69, 9.17) is 10.8 Å². The molecule has 0 bridgehead atoms. The molecule has 1 rings (SSSR count). The van der Waals surface area contributed by atoms with E-state index in [-0.39, 0.29) is 0 Å². The summed E-state index contributed by atoms with van der Waals surface area (Å²) in [5.74, 6) is -1.73. The van der Waals surface area contributed by atoms with Gasteiger partial charge in [0.2, 0.25) is 5.91 Å². The van der Waals surface area contributed by atoms with Crippen LogP contribution in [0.25, 0.3) is 0 Å². The van der Waals surface area contributed by atoms with Crippen molar-refractivity contribution in [1.29, 1.82) is 0 Å². The van der Waals surface area contributed by atoms with Gasteiger partial charge in [-0.2, -0.15) is 0 Å². The number of urea groups is 1. The fraction of sp³-hybridized carbons (Fsp3) is 0.667. The Hall–Kier alpha value is -1.79. The van der Waals surface area contributed by atoms with Crippen molar-refractivity contribution in [3.8, 4) is 0 Å². The third kappa shape index (κ3) is 2.41. The fourth-order valence-electron chi connectivity index (χ4n) is 1.44. The number of hydrogen-bond acceptors (Lipinski definition) is 3. The maximum absolute atomic E-state index is 11.4. The highest BCUT2D eigenvalue weighted by Crippen LogP contribution is 2.31. The van der Waals surface area contributed by atoms with Crippen LogP contribution in [-0.4, -0.2) is 34.6 Å². The Balaban J connectivity index is 2.51. The molecule has 1 aliphatic rings. The molecule has 0 aromatic rings. The molecule has 0 aliphatic heterocycles. The minimum Gasteiger partial charge on any atom is -0.480 e. The third-order valence-electron chi connectivity index (χ3n) is 2.74. The predicted octanol–water partition coefficient (Wildman–Crippen LogP) is -0.833. The summed E-state index contributed by atoms with van der Waals surface area (Å²) in [5, 5.41) is 13.6. The first-order chi connectivity index (χ1) is 7.37. The first-order valence-corrected chi connectivity index (χ1v) is 4.99. The van der Waals surface area contributed by atoms with Gasteiger partial charge in [-0.05, 0) is 26.2 Å². The summed E-state index contributed by atoms with van der Waals surface area (Å²) < 4.78 is 0. The van der Waals surface area contributed by atoms with Gasteiger partial charge < -0.3 is 21.5 Å². The number of rotatable bonds is 4. The number of hydrogen-bond donors (Lipinski definition) is 4. The number of nitrogens with two attached hydrogens (primary N) is 1. The van der Waals surface area contributed by atoms with Crippen LogP contribution in [0.1, 0.15) is 26.2 Å². The van der Waals surface area contributed by atoms with Crippen LogP contribution >= 0.6 is 0 Å². The number of carboxylic acids is 1. The van der Waals surface area contributed by atoms with Gasteiger partial charge in [-0.3, -0.25) is 4.79 Å². The lowest BCUT2D eigenvalue weighted by atomic mass is 9.77. The number of carbonyl (C=O) groups excluding carboxylic acids is 2. The average Bonchev–Trinajstić information content (AvgIpc) is 2.10. The molecule has 7 nitrogen and oxygen atoms in total. The van der Waals surface area contributed by atoms with E-state index in [1.165, 1.54) is 6.92 Å². The monoisotopic (exact) mass is 229 g/mol. The van der Waals surface area contributed by atoms with Crippen molar-refractivity contribution in [2.24, 2.45) is 5.73 Å². The quantitative estimate of drug-likeness (QED) is 0.502. The number of nitrogens with one attached hydrogen (secondary N) is 2. The zero-order valence-corrected chi connectivity index (χ0v) is 8.95. The van der Waals surface area contributed by atoms with Crippen LogP contribution in [0.4, 0.5) is 4.79 Å². The largest absolute Gasteiger partial charge is 0.480 e. The smallest absolute Gasteiger partial charge is 0.329 e. The second-order valence-electron chi connectivity index (χ2n) is 3.96. The first-order valence-electron chi connectivity index (χ1n) is 4.99. The molecular weight excluding hydrogens is 214 g/mol. The van der Waals surface area contributed by atoms with Crippen LogP contribution in [0, 0.1) is 0 Å². The van der Waals surface area contributed by atoms with Gasteiger partial charge in [-0.25, -0.2) is 9.59 Å². The van der Waals surface area contributed by atoms with Crippen molar-refractivity contribution in [2.45, 2.75) is 37.8 Å². The summed E-state index contributed by atoms with van der Waals surface area (Å²) in [6.45, 7) is 1.43. The van der Waals surface area contributed by atoms with Crippen LogP contribution in [0.2, 0.25) is 0 Å². The van der Waals surface area contributed by atoms with Crippen molar-refractivity contribution in [2.75, 3.05) is 0 Å². The molecule has 0 aromatic carbocycles. The molecule has 1 unspecified atom stereocenters. The molecule has 0 radical (unpaired) electrons. The lowest BCUT2D eigenvalue weighted by Crippen LogP contribution is -2.62. The van der Waals surface area contributed by atoms with E-state index < -0.39 is 29.5 Å². The fourth-order valence-corrected chi connectivity index (χ4v) is 1.44. The van der Waals surface area contributed by atoms with Gasteiger partial charge in [0.15, 0.2) is 0 Å². The van der Waals surface area contributed by atoms with Crippen molar-refractivity contribution >= 4 is 17.9 Å². The maximum atomic E-state index is 11.4. The maximum Gasteiger partial charge on any atom is 0.329 e. The number of carboxylic acid groups (broad SMARTS) is 1. The van der Waals surface area contributed by atoms with Crippen LogP contribution in [0.5, 0.6) is 0 Å². The minimum absolute atomic E-state index is 0.403. The number of amides is 3. The summed E-state index contributed by atoms with van der Waals surface area (Å²) in [7, 11) is 0. The molecular formula is C9H15N3O4. The number of carbonyl (C=O) groups is 3. The van der Waals surface area contributed by atoms with Crippen molar-refractivity contribution in [1.82, 2.24) is 10.6 Å². The Labute approximate surface area is 92.4 Å². The lowest BCUT2D eigenvalue weighted by Gasteiger charge is -2.38. The van der Waals surface area contributed by atoms with Gasteiger partial charge in [0.05, 0.1) is 0 Å². The summed E-state index contributed by atoms with van der Waals surface area (Å²) in [5.41, 5.74) is 3.78. The Morgan fingerprint density at radius 2 is 1.94 bits per heavy atom. The van der Waals surface area contributed by atoms with Crippen LogP contribution in [0.3, 0.4) is 0 Å². The Kier molecular flexibility index (Phi) is 3.36. The minimum atomic E-state index is -1.18. The predicted molar refractivity (Wildman–Crippen MR) is 54.5 cm³/mol. The van der Waals surface area contributed by atoms with Crippen molar-refractivity contribution in [3.05, 3.63) is 0 Å². The van der Waals surface area contributed by atoms with E-state index in [1.807, 2.05) is 0 Å². The molecule has 90 valence electrons. The van der Waals surface area contributed by atoms with Crippen LogP contribution in [0.15, 0.2) is 0 Å². The molecule has 0 saturated heterocycles. The van der Waals surface area contributed by atoms with E-state index in [0.717, 1.165) is 6.42 Å². The van der Waals surface area contributed by atoms with Crippen LogP contribution < -0.4 is 16.4 Å². The van der Waals surface area contributed by atoms with E-state index >= 15 is 0 Å². The lowest BCUT2D eigenvalue weighted by molar-refractivity contribution is -0.148. The zero-order chi connectivity index (χ0) is 12.3. The number of primary amides is 1. The molecule has 0 heterocycles. The summed E-state index contributed by atoms with van der Waals surface area (Å²) >= 11 is 0. The van der Waals surface area contributed by atoms with Gasteiger partial charge in [-0.1, -0.05) is 0 Å². The molecule has 7 heteroatoms. The summed E-state index contributed by atoms with van der Waals surface area (Å²) in [4.78, 5) is 33.0. The molecule has 1 fully saturated rings. The zero-order valence-electron chi connectivity index (χ0n) is 8.95. The number of aliphatic carboxylic acids is 1. The standard InChI is InChI=1S/C9H15N3O4/c1-5(6(10)13)11-8(16)12-9(7(14)15)3-2-4-9/h5H,2-4H2,1H3,(H2,10,13)(H,14,15)(H2,11,12,16). The van der Waals surface area contributed by atoms with E-state index in [0.29, 0.717) is 12.8 Å². The van der Waals surface area contributed by atoms with Gasteiger partial charge in [-0.15, -0.1) is 0 Å². The Bertz CT molecular complexity index is 325. The highest BCUT2D eigenvalue weighted by atomic mass is 16.4. The molecule has 16 heavy (non-hydrogen) atoms. The molecule has 0 spiro atoms. The Morgan fingerprint density at radius 3 is 2.25 bits per heavy atom. The van der Waals surface area contributed by atoms with E-state index in [1.54, 1.807) is 0 Å². The Morgan fingerprint density at radius 1 is 1.38 bits per heavy atom. The van der Waals surface area contributed by atoms with Gasteiger partial charge in [0, 0.05) is 0 Å². The molecule has 1 aliphatic carbocycles. The van der Waals surface area contributed by atoms with Crippen molar-refractivity contribution < 1.29 is 19.5 Å². The normalized spacial score (nSPS) is 19.1. The second-order valence-corrected chi connectivity index (χ2v) is 3.96. The first kappa shape index (κ1) is 12.3. The topological polar surface area (TPSA) is 122 Å².